The maximum absolute atomic E-state index is 11.8. The van der Waals surface area contributed by atoms with Crippen LogP contribution < -0.4 is 10.6 Å². The Bertz CT molecular complexity index is 433. The van der Waals surface area contributed by atoms with Crippen molar-refractivity contribution in [2.24, 2.45) is 10.4 Å². The molecule has 0 spiro atoms. The lowest BCUT2D eigenvalue weighted by atomic mass is 9.96. The van der Waals surface area contributed by atoms with Gasteiger partial charge in [0.05, 0.1) is 0 Å². The van der Waals surface area contributed by atoms with Crippen molar-refractivity contribution in [3.05, 3.63) is 0 Å². The van der Waals surface area contributed by atoms with E-state index in [4.69, 9.17) is 4.74 Å². The van der Waals surface area contributed by atoms with Crippen molar-refractivity contribution >= 4 is 35.8 Å². The lowest BCUT2D eigenvalue weighted by molar-refractivity contribution is -0.127. The summed E-state index contributed by atoms with van der Waals surface area (Å²) in [4.78, 5) is 17.9. The average molecular weight is 466 g/mol. The fourth-order valence-electron chi connectivity index (χ4n) is 3.16. The third kappa shape index (κ3) is 8.11. The van der Waals surface area contributed by atoms with E-state index in [1.54, 1.807) is 26.1 Å². The summed E-state index contributed by atoms with van der Waals surface area (Å²) in [5.41, 5.74) is 0.358. The Hall–Kier alpha value is -0.570. The van der Waals surface area contributed by atoms with Gasteiger partial charge in [-0.05, 0) is 37.5 Å². The summed E-state index contributed by atoms with van der Waals surface area (Å²) in [5, 5.41) is 7.03. The molecule has 0 aliphatic heterocycles. The van der Waals surface area contributed by atoms with E-state index in [9.17, 15) is 4.79 Å². The van der Waals surface area contributed by atoms with Crippen LogP contribution in [0, 0.1) is 5.41 Å². The second-order valence-corrected chi connectivity index (χ2v) is 7.53. The Kier molecular flexibility index (Phi) is 10.1. The van der Waals surface area contributed by atoms with Crippen LogP contribution in [0.15, 0.2) is 4.99 Å². The number of nitrogens with one attached hydrogen (secondary N) is 2. The van der Waals surface area contributed by atoms with Crippen molar-refractivity contribution in [2.45, 2.75) is 57.4 Å². The molecule has 6 nitrogen and oxygen atoms in total. The smallest absolute Gasteiger partial charge is 0.243 e. The highest BCUT2D eigenvalue weighted by molar-refractivity contribution is 14.0. The van der Waals surface area contributed by atoms with E-state index in [0.29, 0.717) is 11.5 Å². The highest BCUT2D eigenvalue weighted by Gasteiger charge is 2.42. The van der Waals surface area contributed by atoms with Crippen LogP contribution in [0.5, 0.6) is 0 Å². The summed E-state index contributed by atoms with van der Waals surface area (Å²) in [7, 11) is 5.29. The van der Waals surface area contributed by atoms with Crippen LogP contribution >= 0.6 is 24.0 Å². The quantitative estimate of drug-likeness (QED) is 0.328. The first kappa shape index (κ1) is 22.5. The van der Waals surface area contributed by atoms with E-state index < -0.39 is 0 Å². The van der Waals surface area contributed by atoms with Gasteiger partial charge in [0, 0.05) is 40.4 Å². The molecule has 146 valence electrons. The van der Waals surface area contributed by atoms with Crippen LogP contribution in [0.2, 0.25) is 0 Å². The maximum atomic E-state index is 11.8. The highest BCUT2D eigenvalue weighted by Crippen LogP contribution is 2.48. The summed E-state index contributed by atoms with van der Waals surface area (Å²) < 4.78 is 5.23. The van der Waals surface area contributed by atoms with Gasteiger partial charge in [0.25, 0.3) is 0 Å². The molecule has 0 radical (unpaired) electrons. The molecule has 2 aliphatic rings. The number of guanidine groups is 1. The summed E-state index contributed by atoms with van der Waals surface area (Å²) >= 11 is 0. The number of aliphatic imine (C=N–C) groups is 1. The molecule has 0 aromatic rings. The topological polar surface area (TPSA) is 66.0 Å². The minimum atomic E-state index is 0. The Balaban J connectivity index is 0.00000312. The largest absolute Gasteiger partial charge is 0.385 e. The maximum Gasteiger partial charge on any atom is 0.243 e. The van der Waals surface area contributed by atoms with Gasteiger partial charge in [-0.15, -0.1) is 24.0 Å². The number of hydrogen-bond acceptors (Lipinski definition) is 3. The molecule has 2 rings (SSSR count). The number of hydrogen-bond donors (Lipinski definition) is 2. The minimum absolute atomic E-state index is 0. The third-order valence-electron chi connectivity index (χ3n) is 5.24. The number of rotatable bonds is 8. The second kappa shape index (κ2) is 11.2. The molecule has 1 amide bonds. The van der Waals surface area contributed by atoms with Crippen LogP contribution in [-0.2, 0) is 9.53 Å². The number of amides is 1. The van der Waals surface area contributed by atoms with E-state index in [2.05, 4.69) is 15.6 Å². The van der Waals surface area contributed by atoms with Gasteiger partial charge >= 0.3 is 0 Å². The lowest BCUT2D eigenvalue weighted by Crippen LogP contribution is -2.46. The molecule has 0 bridgehead atoms. The number of methoxy groups -OCH3 is 1. The van der Waals surface area contributed by atoms with Gasteiger partial charge < -0.3 is 20.3 Å². The fraction of sp³-hybridized carbons (Fsp3) is 0.889. The monoisotopic (exact) mass is 466 g/mol. The molecular weight excluding hydrogens is 431 g/mol. The molecule has 2 N–H and O–H groups in total. The van der Waals surface area contributed by atoms with Crippen molar-refractivity contribution in [1.29, 1.82) is 0 Å². The van der Waals surface area contributed by atoms with Crippen molar-refractivity contribution in [2.75, 3.05) is 40.9 Å². The van der Waals surface area contributed by atoms with Gasteiger partial charge in [0.1, 0.15) is 6.54 Å². The highest BCUT2D eigenvalue weighted by atomic mass is 127. The van der Waals surface area contributed by atoms with E-state index in [1.165, 1.54) is 44.9 Å². The van der Waals surface area contributed by atoms with Crippen LogP contribution in [0.1, 0.15) is 51.4 Å². The van der Waals surface area contributed by atoms with Crippen LogP contribution in [0.3, 0.4) is 0 Å². The molecule has 0 saturated heterocycles. The van der Waals surface area contributed by atoms with Crippen molar-refractivity contribution in [3.63, 3.8) is 0 Å². The first-order valence-corrected chi connectivity index (χ1v) is 9.29. The predicted octanol–water partition coefficient (Wildman–Crippen LogP) is 2.38. The van der Waals surface area contributed by atoms with Crippen molar-refractivity contribution in [3.8, 4) is 0 Å². The molecular formula is C18H35IN4O2. The number of nitrogens with zero attached hydrogens (tertiary/aromatic N) is 2. The Labute approximate surface area is 169 Å². The molecule has 0 aromatic carbocycles. The SMILES string of the molecule is COCCC1(CNC(=NCC(=O)N(C)C)NC2CCCCC2)CC1.I. The van der Waals surface area contributed by atoms with E-state index in [0.717, 1.165) is 25.5 Å². The summed E-state index contributed by atoms with van der Waals surface area (Å²) in [5.74, 6) is 0.820. The first-order chi connectivity index (χ1) is 11.5. The number of carbonyl (C=O) groups is 1. The molecule has 2 saturated carbocycles. The minimum Gasteiger partial charge on any atom is -0.385 e. The van der Waals surface area contributed by atoms with Crippen LogP contribution in [0.25, 0.3) is 0 Å². The third-order valence-corrected chi connectivity index (χ3v) is 5.24. The van der Waals surface area contributed by atoms with Crippen molar-refractivity contribution < 1.29 is 9.53 Å². The van der Waals surface area contributed by atoms with Gasteiger partial charge in [0.2, 0.25) is 5.91 Å². The van der Waals surface area contributed by atoms with E-state index in [-0.39, 0.29) is 36.4 Å². The summed E-state index contributed by atoms with van der Waals surface area (Å²) in [6.45, 7) is 1.91. The molecule has 0 heterocycles. The Morgan fingerprint density at radius 2 is 1.92 bits per heavy atom. The Morgan fingerprint density at radius 3 is 2.48 bits per heavy atom. The summed E-state index contributed by atoms with van der Waals surface area (Å²) in [6.07, 6.45) is 9.85. The van der Waals surface area contributed by atoms with Gasteiger partial charge in [0.15, 0.2) is 5.96 Å². The first-order valence-electron chi connectivity index (χ1n) is 9.29. The lowest BCUT2D eigenvalue weighted by Gasteiger charge is -2.26. The number of likely N-dealkylation sites (N-methyl/N-ethyl adjacent to an activating group) is 1. The number of halogens is 1. The van der Waals surface area contributed by atoms with Crippen molar-refractivity contribution in [1.82, 2.24) is 15.5 Å². The van der Waals surface area contributed by atoms with Gasteiger partial charge in [-0.3, -0.25) is 4.79 Å². The zero-order chi connectivity index (χ0) is 17.4. The van der Waals surface area contributed by atoms with Crippen LogP contribution in [-0.4, -0.2) is 63.7 Å². The molecule has 0 atom stereocenters. The van der Waals surface area contributed by atoms with Gasteiger partial charge in [-0.1, -0.05) is 19.3 Å². The zero-order valence-corrected chi connectivity index (χ0v) is 18.3. The van der Waals surface area contributed by atoms with Gasteiger partial charge in [-0.25, -0.2) is 4.99 Å². The molecule has 2 fully saturated rings. The molecule has 2 aliphatic carbocycles. The zero-order valence-electron chi connectivity index (χ0n) is 16.0. The van der Waals surface area contributed by atoms with Gasteiger partial charge in [-0.2, -0.15) is 0 Å². The standard InChI is InChI=1S/C18H34N4O2.HI/c1-22(2)16(23)13-19-17(21-15-7-5-4-6-8-15)20-14-18(9-10-18)11-12-24-3;/h15H,4-14H2,1-3H3,(H2,19,20,21);1H. The predicted molar refractivity (Wildman–Crippen MR) is 113 cm³/mol. The molecule has 0 unspecified atom stereocenters. The normalized spacial score (nSPS) is 19.7. The average Bonchev–Trinajstić information content (AvgIpc) is 3.36. The Morgan fingerprint density at radius 1 is 1.24 bits per heavy atom. The van der Waals surface area contributed by atoms with E-state index in [1.807, 2.05) is 0 Å². The number of ether oxygens (including phenoxy) is 1. The molecule has 25 heavy (non-hydrogen) atoms. The second-order valence-electron chi connectivity index (χ2n) is 7.53. The van der Waals surface area contributed by atoms with E-state index >= 15 is 0 Å². The number of carbonyl (C=O) groups excluding carboxylic acids is 1. The molecule has 7 heteroatoms. The van der Waals surface area contributed by atoms with Crippen LogP contribution in [0.4, 0.5) is 0 Å². The summed E-state index contributed by atoms with van der Waals surface area (Å²) in [6, 6.07) is 0.480. The molecule has 0 aromatic heterocycles. The fourth-order valence-corrected chi connectivity index (χ4v) is 3.16.